The molecule has 1 atom stereocenters. The molecule has 2 aromatic carbocycles. The molecule has 30 heavy (non-hydrogen) atoms. The normalized spacial score (nSPS) is 16.1. The fourth-order valence-corrected chi connectivity index (χ4v) is 4.78. The van der Waals surface area contributed by atoms with Crippen LogP contribution < -0.4 is 5.56 Å². The van der Waals surface area contributed by atoms with Crippen molar-refractivity contribution in [3.05, 3.63) is 63.9 Å². The Morgan fingerprint density at radius 3 is 2.53 bits per heavy atom. The van der Waals surface area contributed by atoms with Gasteiger partial charge >= 0.3 is 0 Å². The van der Waals surface area contributed by atoms with Crippen molar-refractivity contribution in [3.63, 3.8) is 0 Å². The van der Waals surface area contributed by atoms with Gasteiger partial charge < -0.3 is 9.84 Å². The van der Waals surface area contributed by atoms with E-state index in [-0.39, 0.29) is 5.56 Å². The first-order valence-corrected chi connectivity index (χ1v) is 11.2. The third kappa shape index (κ3) is 4.44. The maximum Gasteiger partial charge on any atom is 0.266 e. The van der Waals surface area contributed by atoms with Crippen molar-refractivity contribution in [1.82, 2.24) is 14.5 Å². The van der Waals surface area contributed by atoms with E-state index in [4.69, 9.17) is 9.72 Å². The van der Waals surface area contributed by atoms with Crippen molar-refractivity contribution >= 4 is 22.7 Å². The van der Waals surface area contributed by atoms with Gasteiger partial charge in [-0.25, -0.2) is 4.98 Å². The molecule has 0 amide bonds. The molecule has 0 spiro atoms. The van der Waals surface area contributed by atoms with Crippen LogP contribution in [0.1, 0.15) is 11.1 Å². The molecule has 6 nitrogen and oxygen atoms in total. The van der Waals surface area contributed by atoms with E-state index in [0.717, 1.165) is 29.9 Å². The molecule has 158 valence electrons. The smallest absolute Gasteiger partial charge is 0.266 e. The second kappa shape index (κ2) is 9.31. The summed E-state index contributed by atoms with van der Waals surface area (Å²) in [5, 5.41) is 11.8. The molecule has 1 aliphatic heterocycles. The Morgan fingerprint density at radius 1 is 1.10 bits per heavy atom. The summed E-state index contributed by atoms with van der Waals surface area (Å²) in [7, 11) is 0. The van der Waals surface area contributed by atoms with Crippen LogP contribution in [-0.2, 0) is 4.74 Å². The molecular weight excluding hydrogens is 398 g/mol. The number of para-hydroxylation sites is 2. The van der Waals surface area contributed by atoms with Gasteiger partial charge in [0, 0.05) is 25.4 Å². The molecule has 0 saturated carbocycles. The SMILES string of the molecule is Cc1cccc(C)c1-n1c(SC[C@@H](O)CN2CCOCC2)nc2ccccc2c1=O. The van der Waals surface area contributed by atoms with Gasteiger partial charge in [-0.3, -0.25) is 14.3 Å². The number of fused-ring (bicyclic) bond motifs is 1. The van der Waals surface area contributed by atoms with Crippen LogP contribution in [0.15, 0.2) is 52.4 Å². The molecule has 3 aromatic rings. The summed E-state index contributed by atoms with van der Waals surface area (Å²) >= 11 is 1.43. The monoisotopic (exact) mass is 425 g/mol. The predicted octanol–water partition coefficient (Wildman–Crippen LogP) is 2.79. The van der Waals surface area contributed by atoms with Crippen LogP contribution in [-0.4, -0.2) is 64.3 Å². The van der Waals surface area contributed by atoms with Gasteiger partial charge in [-0.2, -0.15) is 0 Å². The van der Waals surface area contributed by atoms with Crippen molar-refractivity contribution in [2.24, 2.45) is 0 Å². The number of aliphatic hydroxyl groups is 1. The maximum atomic E-state index is 13.4. The molecule has 0 radical (unpaired) electrons. The van der Waals surface area contributed by atoms with Crippen LogP contribution >= 0.6 is 11.8 Å². The van der Waals surface area contributed by atoms with Gasteiger partial charge in [-0.1, -0.05) is 42.1 Å². The summed E-state index contributed by atoms with van der Waals surface area (Å²) in [5.74, 6) is 0.465. The van der Waals surface area contributed by atoms with Crippen LogP contribution in [0.4, 0.5) is 0 Å². The minimum absolute atomic E-state index is 0.0804. The number of hydrogen-bond acceptors (Lipinski definition) is 6. The Bertz CT molecular complexity index is 1070. The third-order valence-electron chi connectivity index (χ3n) is 5.39. The fourth-order valence-electron chi connectivity index (χ4n) is 3.87. The molecule has 7 heteroatoms. The highest BCUT2D eigenvalue weighted by Gasteiger charge is 2.19. The van der Waals surface area contributed by atoms with Gasteiger partial charge in [-0.05, 0) is 37.1 Å². The van der Waals surface area contributed by atoms with E-state index < -0.39 is 6.10 Å². The summed E-state index contributed by atoms with van der Waals surface area (Å²) in [6, 6.07) is 13.4. The van der Waals surface area contributed by atoms with Gasteiger partial charge in [-0.15, -0.1) is 0 Å². The summed E-state index contributed by atoms with van der Waals surface area (Å²) < 4.78 is 7.08. The molecule has 1 saturated heterocycles. The Kier molecular flexibility index (Phi) is 6.53. The lowest BCUT2D eigenvalue weighted by Crippen LogP contribution is -2.41. The second-order valence-corrected chi connectivity index (χ2v) is 8.66. The third-order valence-corrected chi connectivity index (χ3v) is 6.47. The molecule has 1 fully saturated rings. The van der Waals surface area contributed by atoms with Crippen LogP contribution in [0.2, 0.25) is 0 Å². The highest BCUT2D eigenvalue weighted by atomic mass is 32.2. The largest absolute Gasteiger partial charge is 0.391 e. The number of benzene rings is 2. The van der Waals surface area contributed by atoms with E-state index in [2.05, 4.69) is 4.90 Å². The average molecular weight is 426 g/mol. The predicted molar refractivity (Wildman–Crippen MR) is 121 cm³/mol. The number of rotatable bonds is 6. The Labute approximate surface area is 180 Å². The number of thioether (sulfide) groups is 1. The fraction of sp³-hybridized carbons (Fsp3) is 0.391. The van der Waals surface area contributed by atoms with E-state index >= 15 is 0 Å². The molecule has 2 heterocycles. The zero-order valence-corrected chi connectivity index (χ0v) is 18.2. The number of nitrogens with zero attached hydrogens (tertiary/aromatic N) is 3. The molecule has 0 aliphatic carbocycles. The zero-order valence-electron chi connectivity index (χ0n) is 17.4. The molecule has 1 aromatic heterocycles. The number of ether oxygens (including phenoxy) is 1. The lowest BCUT2D eigenvalue weighted by molar-refractivity contribution is 0.0188. The second-order valence-electron chi connectivity index (χ2n) is 7.67. The number of aromatic nitrogens is 2. The van der Waals surface area contributed by atoms with Crippen LogP contribution in [0.5, 0.6) is 0 Å². The van der Waals surface area contributed by atoms with Crippen molar-refractivity contribution in [1.29, 1.82) is 0 Å². The first kappa shape index (κ1) is 21.1. The highest BCUT2D eigenvalue weighted by Crippen LogP contribution is 2.26. The van der Waals surface area contributed by atoms with Crippen molar-refractivity contribution in [2.75, 3.05) is 38.6 Å². The van der Waals surface area contributed by atoms with Crippen molar-refractivity contribution in [3.8, 4) is 5.69 Å². The first-order chi connectivity index (χ1) is 14.5. The van der Waals surface area contributed by atoms with E-state index in [1.54, 1.807) is 4.57 Å². The van der Waals surface area contributed by atoms with Gasteiger partial charge in [0.2, 0.25) is 0 Å². The summed E-state index contributed by atoms with van der Waals surface area (Å²) in [5.41, 5.74) is 3.50. The summed E-state index contributed by atoms with van der Waals surface area (Å²) in [4.78, 5) is 20.4. The van der Waals surface area contributed by atoms with Crippen LogP contribution in [0.3, 0.4) is 0 Å². The lowest BCUT2D eigenvalue weighted by Gasteiger charge is -2.28. The van der Waals surface area contributed by atoms with E-state index in [0.29, 0.717) is 41.6 Å². The van der Waals surface area contributed by atoms with Crippen molar-refractivity contribution < 1.29 is 9.84 Å². The number of hydrogen-bond donors (Lipinski definition) is 1. The maximum absolute atomic E-state index is 13.4. The van der Waals surface area contributed by atoms with Gasteiger partial charge in [0.25, 0.3) is 5.56 Å². The molecule has 1 N–H and O–H groups in total. The topological polar surface area (TPSA) is 67.6 Å². The first-order valence-electron chi connectivity index (χ1n) is 10.2. The number of aliphatic hydroxyl groups excluding tert-OH is 1. The Hall–Kier alpha value is -2.19. The summed E-state index contributed by atoms with van der Waals surface area (Å²) in [6.45, 7) is 7.69. The lowest BCUT2D eigenvalue weighted by atomic mass is 10.1. The zero-order chi connectivity index (χ0) is 21.1. The molecule has 0 unspecified atom stereocenters. The molecule has 1 aliphatic rings. The quantitative estimate of drug-likeness (QED) is 0.484. The van der Waals surface area contributed by atoms with Crippen LogP contribution in [0.25, 0.3) is 16.6 Å². The Balaban J connectivity index is 1.68. The Morgan fingerprint density at radius 2 is 1.80 bits per heavy atom. The highest BCUT2D eigenvalue weighted by molar-refractivity contribution is 7.99. The molecule has 4 rings (SSSR count). The number of morpholine rings is 1. The van der Waals surface area contributed by atoms with Gasteiger partial charge in [0.1, 0.15) is 0 Å². The minimum atomic E-state index is -0.511. The number of β-amino-alcohol motifs (C(OH)–C–C–N with tert-alkyl or cyclic N) is 1. The van der Waals surface area contributed by atoms with Gasteiger partial charge in [0.05, 0.1) is 35.9 Å². The van der Waals surface area contributed by atoms with Crippen molar-refractivity contribution in [2.45, 2.75) is 25.1 Å². The minimum Gasteiger partial charge on any atom is -0.391 e. The summed E-state index contributed by atoms with van der Waals surface area (Å²) in [6.07, 6.45) is -0.511. The average Bonchev–Trinajstić information content (AvgIpc) is 2.74. The molecular formula is C23H27N3O3S. The van der Waals surface area contributed by atoms with E-state index in [1.807, 2.05) is 56.3 Å². The standard InChI is InChI=1S/C23H27N3O3S/c1-16-6-5-7-17(2)21(16)26-22(28)19-8-3-4-9-20(19)24-23(26)30-15-18(27)14-25-10-12-29-13-11-25/h3-9,18,27H,10-15H2,1-2H3/t18-/m0/s1. The van der Waals surface area contributed by atoms with E-state index in [9.17, 15) is 9.90 Å². The number of aryl methyl sites for hydroxylation is 2. The van der Waals surface area contributed by atoms with Gasteiger partial charge in [0.15, 0.2) is 5.16 Å². The van der Waals surface area contributed by atoms with Crippen LogP contribution in [0, 0.1) is 13.8 Å². The molecule has 0 bridgehead atoms. The van der Waals surface area contributed by atoms with E-state index in [1.165, 1.54) is 11.8 Å².